The van der Waals surface area contributed by atoms with Gasteiger partial charge in [0.2, 0.25) is 11.8 Å². The molecule has 0 aromatic heterocycles. The molecule has 7 heteroatoms. The van der Waals surface area contributed by atoms with Crippen molar-refractivity contribution in [2.75, 3.05) is 39.5 Å². The molecular formula is C30H38N2O5. The number of hydrogen-bond donors (Lipinski definition) is 1. The highest BCUT2D eigenvalue weighted by Gasteiger charge is 2.41. The van der Waals surface area contributed by atoms with Gasteiger partial charge in [-0.2, -0.15) is 0 Å². The highest BCUT2D eigenvalue weighted by Crippen LogP contribution is 2.38. The van der Waals surface area contributed by atoms with Crippen molar-refractivity contribution in [1.82, 2.24) is 10.2 Å². The monoisotopic (exact) mass is 506 g/mol. The molecule has 0 unspecified atom stereocenters. The van der Waals surface area contributed by atoms with E-state index in [1.165, 1.54) is 5.56 Å². The van der Waals surface area contributed by atoms with Gasteiger partial charge in [0.1, 0.15) is 12.4 Å². The third kappa shape index (κ3) is 6.20. The van der Waals surface area contributed by atoms with Crippen LogP contribution in [0.25, 0.3) is 0 Å². The van der Waals surface area contributed by atoms with Crippen molar-refractivity contribution >= 4 is 11.8 Å². The summed E-state index contributed by atoms with van der Waals surface area (Å²) in [6.45, 7) is 3.44. The number of rotatable bonds is 2. The fourth-order valence-corrected chi connectivity index (χ4v) is 5.70. The molecule has 0 bridgehead atoms. The van der Waals surface area contributed by atoms with Crippen LogP contribution in [-0.2, 0) is 22.4 Å². The zero-order valence-electron chi connectivity index (χ0n) is 21.6. The fourth-order valence-electron chi connectivity index (χ4n) is 5.70. The Morgan fingerprint density at radius 2 is 1.62 bits per heavy atom. The molecule has 0 saturated carbocycles. The number of nitrogens with zero attached hydrogens (tertiary/aromatic N) is 1. The average molecular weight is 507 g/mol. The van der Waals surface area contributed by atoms with Crippen molar-refractivity contribution in [3.8, 4) is 17.2 Å². The number of para-hydroxylation sites is 1. The first kappa shape index (κ1) is 25.4. The summed E-state index contributed by atoms with van der Waals surface area (Å²) < 4.78 is 17.5. The van der Waals surface area contributed by atoms with Crippen LogP contribution >= 0.6 is 0 Å². The third-order valence-electron chi connectivity index (χ3n) is 7.94. The lowest BCUT2D eigenvalue weighted by Gasteiger charge is -2.41. The van der Waals surface area contributed by atoms with E-state index >= 15 is 0 Å². The molecule has 1 spiro atoms. The van der Waals surface area contributed by atoms with Crippen LogP contribution in [0.2, 0.25) is 0 Å². The van der Waals surface area contributed by atoms with Crippen LogP contribution in [-0.4, -0.2) is 56.2 Å². The number of carbonyl (C=O) groups is 2. The summed E-state index contributed by atoms with van der Waals surface area (Å²) in [7, 11) is 0. The summed E-state index contributed by atoms with van der Waals surface area (Å²) in [5.41, 5.74) is 1.76. The Morgan fingerprint density at radius 3 is 2.49 bits per heavy atom. The van der Waals surface area contributed by atoms with E-state index in [1.54, 1.807) is 0 Å². The molecule has 7 nitrogen and oxygen atoms in total. The number of fused-ring (bicyclic) bond motifs is 2. The van der Waals surface area contributed by atoms with Crippen molar-refractivity contribution in [3.05, 3.63) is 53.6 Å². The second-order valence-corrected chi connectivity index (χ2v) is 10.4. The average Bonchev–Trinajstić information content (AvgIpc) is 3.16. The topological polar surface area (TPSA) is 77.1 Å². The van der Waals surface area contributed by atoms with Crippen molar-refractivity contribution in [3.63, 3.8) is 0 Å². The predicted molar refractivity (Wildman–Crippen MR) is 141 cm³/mol. The van der Waals surface area contributed by atoms with E-state index in [0.29, 0.717) is 64.5 Å². The molecule has 1 fully saturated rings. The minimum atomic E-state index is -0.410. The van der Waals surface area contributed by atoms with Gasteiger partial charge in [-0.05, 0) is 61.4 Å². The van der Waals surface area contributed by atoms with Gasteiger partial charge >= 0.3 is 0 Å². The lowest BCUT2D eigenvalue weighted by atomic mass is 9.73. The first-order valence-corrected chi connectivity index (χ1v) is 13.8. The van der Waals surface area contributed by atoms with E-state index in [-0.39, 0.29) is 11.8 Å². The number of nitrogens with one attached hydrogen (secondary N) is 1. The number of ether oxygens (including phenoxy) is 3. The van der Waals surface area contributed by atoms with Gasteiger partial charge in [0.25, 0.3) is 0 Å². The normalized spacial score (nSPS) is 20.2. The van der Waals surface area contributed by atoms with E-state index in [9.17, 15) is 9.59 Å². The Bertz CT molecular complexity index is 1090. The van der Waals surface area contributed by atoms with Crippen molar-refractivity contribution in [2.45, 2.75) is 57.8 Å². The van der Waals surface area contributed by atoms with E-state index < -0.39 is 5.41 Å². The summed E-state index contributed by atoms with van der Waals surface area (Å²) in [6, 6.07) is 14.0. The zero-order valence-corrected chi connectivity index (χ0v) is 21.6. The number of carbonyl (C=O) groups excluding carboxylic acids is 2. The Kier molecular flexibility index (Phi) is 8.17. The smallest absolute Gasteiger partial charge is 0.226 e. The molecule has 0 atom stereocenters. The summed E-state index contributed by atoms with van der Waals surface area (Å²) in [5.74, 6) is 2.59. The van der Waals surface area contributed by atoms with Gasteiger partial charge < -0.3 is 24.4 Å². The SMILES string of the molecule is O=C(Cc1ccc2c(c1)OCCCO2)N1CCC2(CCCCCc3ccccc3OCCNC2=O)CC1. The van der Waals surface area contributed by atoms with Gasteiger partial charge in [0, 0.05) is 19.5 Å². The lowest BCUT2D eigenvalue weighted by molar-refractivity contribution is -0.140. The van der Waals surface area contributed by atoms with Crippen LogP contribution in [0.4, 0.5) is 0 Å². The zero-order chi connectivity index (χ0) is 25.5. The van der Waals surface area contributed by atoms with Gasteiger partial charge in [-0.3, -0.25) is 9.59 Å². The van der Waals surface area contributed by atoms with E-state index in [2.05, 4.69) is 17.4 Å². The molecule has 1 saturated heterocycles. The molecular weight excluding hydrogens is 468 g/mol. The van der Waals surface area contributed by atoms with Crippen LogP contribution in [0, 0.1) is 5.41 Å². The second kappa shape index (κ2) is 11.9. The standard InChI is InChI=1S/C30H38N2O5/c33-28(22-23-10-11-26-27(21-23)36-19-6-18-35-26)32-16-13-30(14-17-32)12-5-1-2-7-24-8-3-4-9-25(24)37-20-15-31-29(30)34/h3-4,8-11,21H,1-2,5-7,12-20,22H2,(H,31,34). The van der Waals surface area contributed by atoms with E-state index in [1.807, 2.05) is 35.2 Å². The Balaban J connectivity index is 1.18. The summed E-state index contributed by atoms with van der Waals surface area (Å²) >= 11 is 0. The highest BCUT2D eigenvalue weighted by molar-refractivity contribution is 5.84. The molecule has 3 aliphatic rings. The van der Waals surface area contributed by atoms with Crippen LogP contribution in [0.5, 0.6) is 17.2 Å². The predicted octanol–water partition coefficient (Wildman–Crippen LogP) is 4.31. The molecule has 5 rings (SSSR count). The fraction of sp³-hybridized carbons (Fsp3) is 0.533. The Hall–Kier alpha value is -3.22. The molecule has 2 aromatic carbocycles. The maximum absolute atomic E-state index is 13.4. The van der Waals surface area contributed by atoms with Crippen molar-refractivity contribution in [1.29, 1.82) is 0 Å². The van der Waals surface area contributed by atoms with Gasteiger partial charge in [0.15, 0.2) is 11.5 Å². The molecule has 2 aromatic rings. The molecule has 2 amide bonds. The summed E-state index contributed by atoms with van der Waals surface area (Å²) in [6.07, 6.45) is 7.62. The van der Waals surface area contributed by atoms with E-state index in [0.717, 1.165) is 55.6 Å². The lowest BCUT2D eigenvalue weighted by Crippen LogP contribution is -2.51. The van der Waals surface area contributed by atoms with Crippen molar-refractivity contribution in [2.24, 2.45) is 5.41 Å². The summed E-state index contributed by atoms with van der Waals surface area (Å²) in [5, 5.41) is 3.14. The van der Waals surface area contributed by atoms with Crippen LogP contribution < -0.4 is 19.5 Å². The largest absolute Gasteiger partial charge is 0.491 e. The van der Waals surface area contributed by atoms with Crippen molar-refractivity contribution < 1.29 is 23.8 Å². The number of amides is 2. The maximum atomic E-state index is 13.4. The second-order valence-electron chi connectivity index (χ2n) is 10.4. The first-order valence-electron chi connectivity index (χ1n) is 13.8. The van der Waals surface area contributed by atoms with Gasteiger partial charge in [0.05, 0.1) is 31.6 Å². The molecule has 37 heavy (non-hydrogen) atoms. The third-order valence-corrected chi connectivity index (χ3v) is 7.94. The van der Waals surface area contributed by atoms with Crippen LogP contribution in [0.3, 0.4) is 0 Å². The highest BCUT2D eigenvalue weighted by atomic mass is 16.5. The number of piperidine rings is 1. The number of benzene rings is 2. The molecule has 3 aliphatic heterocycles. The van der Waals surface area contributed by atoms with E-state index in [4.69, 9.17) is 14.2 Å². The number of likely N-dealkylation sites (tertiary alicyclic amines) is 1. The number of aryl methyl sites for hydroxylation is 1. The minimum Gasteiger partial charge on any atom is -0.491 e. The molecule has 1 N–H and O–H groups in total. The van der Waals surface area contributed by atoms with Crippen LogP contribution in [0.1, 0.15) is 56.1 Å². The number of hydrogen-bond acceptors (Lipinski definition) is 5. The van der Waals surface area contributed by atoms with Gasteiger partial charge in [-0.25, -0.2) is 0 Å². The Labute approximate surface area is 219 Å². The Morgan fingerprint density at radius 1 is 0.838 bits per heavy atom. The quantitative estimate of drug-likeness (QED) is 0.657. The molecule has 0 radical (unpaired) electrons. The maximum Gasteiger partial charge on any atom is 0.226 e. The van der Waals surface area contributed by atoms with Gasteiger partial charge in [-0.15, -0.1) is 0 Å². The van der Waals surface area contributed by atoms with Gasteiger partial charge in [-0.1, -0.05) is 37.1 Å². The molecule has 3 heterocycles. The first-order chi connectivity index (χ1) is 18.1. The molecule has 198 valence electrons. The van der Waals surface area contributed by atoms with Crippen LogP contribution in [0.15, 0.2) is 42.5 Å². The minimum absolute atomic E-state index is 0.0977. The summed E-state index contributed by atoms with van der Waals surface area (Å²) in [4.78, 5) is 28.4. The molecule has 0 aliphatic carbocycles.